The first-order valence-corrected chi connectivity index (χ1v) is 9.03. The Balaban J connectivity index is 1.71. The topological polar surface area (TPSA) is 102 Å². The average molecular weight is 365 g/mol. The molecule has 27 heavy (non-hydrogen) atoms. The van der Waals surface area contributed by atoms with Crippen molar-refractivity contribution in [2.45, 2.75) is 20.0 Å². The molecule has 3 aromatic heterocycles. The molecule has 1 saturated heterocycles. The summed E-state index contributed by atoms with van der Waals surface area (Å²) in [5.74, 6) is 1.55. The van der Waals surface area contributed by atoms with Crippen LogP contribution in [-0.4, -0.2) is 46.5 Å². The Morgan fingerprint density at radius 1 is 1.11 bits per heavy atom. The van der Waals surface area contributed by atoms with Crippen LogP contribution in [0, 0.1) is 13.8 Å². The fraction of sp³-hybridized carbons (Fsp3) is 0.368. The van der Waals surface area contributed by atoms with Crippen LogP contribution in [0.4, 0.5) is 11.6 Å². The molecule has 0 aromatic carbocycles. The van der Waals surface area contributed by atoms with Crippen LogP contribution >= 0.6 is 0 Å². The van der Waals surface area contributed by atoms with E-state index in [4.69, 9.17) is 10.5 Å². The lowest BCUT2D eigenvalue weighted by atomic mass is 10.1. The van der Waals surface area contributed by atoms with Gasteiger partial charge in [0.15, 0.2) is 5.82 Å². The van der Waals surface area contributed by atoms with Crippen molar-refractivity contribution in [1.29, 1.82) is 0 Å². The summed E-state index contributed by atoms with van der Waals surface area (Å²) >= 11 is 0. The molecule has 3 N–H and O–H groups in total. The number of morpholine rings is 1. The summed E-state index contributed by atoms with van der Waals surface area (Å²) in [6.07, 6.45) is 3.18. The largest absolute Gasteiger partial charge is 0.378 e. The van der Waals surface area contributed by atoms with Crippen molar-refractivity contribution in [3.63, 3.8) is 0 Å². The number of nitrogens with zero attached hydrogens (tertiary/aromatic N) is 5. The van der Waals surface area contributed by atoms with Crippen molar-refractivity contribution >= 4 is 22.4 Å². The number of fused-ring (bicyclic) bond motifs is 1. The highest BCUT2D eigenvalue weighted by molar-refractivity contribution is 5.94. The van der Waals surface area contributed by atoms with E-state index < -0.39 is 6.17 Å². The van der Waals surface area contributed by atoms with Gasteiger partial charge in [0.05, 0.1) is 18.9 Å². The van der Waals surface area contributed by atoms with Gasteiger partial charge < -0.3 is 20.7 Å². The van der Waals surface area contributed by atoms with E-state index in [-0.39, 0.29) is 0 Å². The molecular weight excluding hydrogens is 342 g/mol. The molecule has 1 aliphatic rings. The molecule has 4 heterocycles. The lowest BCUT2D eigenvalue weighted by Crippen LogP contribution is -2.36. The van der Waals surface area contributed by atoms with Gasteiger partial charge in [-0.1, -0.05) is 6.07 Å². The van der Waals surface area contributed by atoms with Crippen LogP contribution in [0.25, 0.3) is 10.8 Å². The summed E-state index contributed by atoms with van der Waals surface area (Å²) in [5, 5.41) is 13.8. The van der Waals surface area contributed by atoms with E-state index in [0.29, 0.717) is 19.0 Å². The van der Waals surface area contributed by atoms with Crippen LogP contribution in [0.1, 0.15) is 23.1 Å². The van der Waals surface area contributed by atoms with Crippen molar-refractivity contribution in [2.75, 3.05) is 36.5 Å². The van der Waals surface area contributed by atoms with Crippen LogP contribution in [0.2, 0.25) is 0 Å². The van der Waals surface area contributed by atoms with Crippen molar-refractivity contribution in [3.8, 4) is 0 Å². The van der Waals surface area contributed by atoms with Crippen LogP contribution in [0.3, 0.4) is 0 Å². The summed E-state index contributed by atoms with van der Waals surface area (Å²) in [5.41, 5.74) is 9.03. The van der Waals surface area contributed by atoms with Gasteiger partial charge in [0.2, 0.25) is 0 Å². The van der Waals surface area contributed by atoms with Gasteiger partial charge in [0.1, 0.15) is 12.0 Å². The van der Waals surface area contributed by atoms with Crippen LogP contribution in [0.5, 0.6) is 0 Å². The summed E-state index contributed by atoms with van der Waals surface area (Å²) in [6.45, 7) is 6.95. The first-order valence-electron chi connectivity index (χ1n) is 9.03. The number of nitrogens with two attached hydrogens (primary N) is 1. The zero-order chi connectivity index (χ0) is 18.8. The molecule has 0 bridgehead atoms. The quantitative estimate of drug-likeness (QED) is 0.676. The number of nitrogens with one attached hydrogen (secondary N) is 1. The first-order chi connectivity index (χ1) is 13.1. The predicted octanol–water partition coefficient (Wildman–Crippen LogP) is 1.94. The minimum atomic E-state index is -0.432. The molecule has 0 saturated carbocycles. The molecule has 4 rings (SSSR count). The minimum absolute atomic E-state index is 0.432. The van der Waals surface area contributed by atoms with E-state index in [1.54, 1.807) is 6.20 Å². The number of pyridine rings is 2. The summed E-state index contributed by atoms with van der Waals surface area (Å²) in [6, 6.07) is 5.89. The van der Waals surface area contributed by atoms with Crippen molar-refractivity contribution < 1.29 is 4.74 Å². The minimum Gasteiger partial charge on any atom is -0.378 e. The third-order valence-corrected chi connectivity index (χ3v) is 4.84. The first kappa shape index (κ1) is 17.6. The second-order valence-corrected chi connectivity index (χ2v) is 6.62. The molecule has 1 fully saturated rings. The van der Waals surface area contributed by atoms with Crippen molar-refractivity contribution in [2.24, 2.45) is 5.73 Å². The predicted molar refractivity (Wildman–Crippen MR) is 105 cm³/mol. The molecule has 0 amide bonds. The molecule has 0 unspecified atom stereocenters. The lowest BCUT2D eigenvalue weighted by Gasteiger charge is -2.28. The second-order valence-electron chi connectivity index (χ2n) is 6.62. The Hall–Kier alpha value is -2.84. The van der Waals surface area contributed by atoms with Gasteiger partial charge in [-0.3, -0.25) is 4.98 Å². The fourth-order valence-electron chi connectivity index (χ4n) is 3.28. The van der Waals surface area contributed by atoms with E-state index in [1.807, 2.05) is 38.2 Å². The Morgan fingerprint density at radius 2 is 1.93 bits per heavy atom. The maximum Gasteiger partial charge on any atom is 0.158 e. The molecule has 0 spiro atoms. The van der Waals surface area contributed by atoms with Gasteiger partial charge >= 0.3 is 0 Å². The van der Waals surface area contributed by atoms with Crippen LogP contribution < -0.4 is 16.0 Å². The molecule has 0 aliphatic carbocycles. The third kappa shape index (κ3) is 3.54. The van der Waals surface area contributed by atoms with Gasteiger partial charge in [0.25, 0.3) is 0 Å². The maximum atomic E-state index is 6.38. The second kappa shape index (κ2) is 7.42. The normalized spacial score (nSPS) is 15.7. The van der Waals surface area contributed by atoms with Crippen LogP contribution in [0.15, 0.2) is 30.6 Å². The van der Waals surface area contributed by atoms with E-state index in [2.05, 4.69) is 30.4 Å². The standard InChI is InChI=1S/C19H23N7O/c1-12-14(4-3-5-21-12)18(20)23-19-15-10-17(26-6-8-27-9-7-26)22-11-16(15)13(2)24-25-19/h3-5,10-11,18H,6-9,20H2,1-2H3,(H,23,25)/t18-/m0/s1. The highest BCUT2D eigenvalue weighted by atomic mass is 16.5. The van der Waals surface area contributed by atoms with Gasteiger partial charge in [-0.05, 0) is 26.0 Å². The van der Waals surface area contributed by atoms with E-state index in [9.17, 15) is 0 Å². The number of aryl methyl sites for hydroxylation is 2. The van der Waals surface area contributed by atoms with Crippen molar-refractivity contribution in [3.05, 3.63) is 47.5 Å². The highest BCUT2D eigenvalue weighted by Gasteiger charge is 2.17. The van der Waals surface area contributed by atoms with Gasteiger partial charge in [-0.15, -0.1) is 5.10 Å². The molecule has 1 aliphatic heterocycles. The van der Waals surface area contributed by atoms with Gasteiger partial charge in [-0.25, -0.2) is 4.98 Å². The average Bonchev–Trinajstić information content (AvgIpc) is 2.71. The fourth-order valence-corrected chi connectivity index (χ4v) is 3.28. The Morgan fingerprint density at radius 3 is 2.70 bits per heavy atom. The highest BCUT2D eigenvalue weighted by Crippen LogP contribution is 2.28. The number of hydrogen-bond acceptors (Lipinski definition) is 8. The van der Waals surface area contributed by atoms with E-state index in [0.717, 1.165) is 46.6 Å². The smallest absolute Gasteiger partial charge is 0.158 e. The monoisotopic (exact) mass is 365 g/mol. The third-order valence-electron chi connectivity index (χ3n) is 4.84. The molecule has 8 nitrogen and oxygen atoms in total. The number of rotatable bonds is 4. The van der Waals surface area contributed by atoms with E-state index in [1.165, 1.54) is 0 Å². The number of ether oxygens (including phenoxy) is 1. The van der Waals surface area contributed by atoms with E-state index >= 15 is 0 Å². The van der Waals surface area contributed by atoms with Gasteiger partial charge in [-0.2, -0.15) is 5.10 Å². The lowest BCUT2D eigenvalue weighted by molar-refractivity contribution is 0.122. The SMILES string of the molecule is Cc1ncccc1[C@@H](N)Nc1nnc(C)c2cnc(N3CCOCC3)cc12. The number of anilines is 2. The number of hydrogen-bond donors (Lipinski definition) is 2. The zero-order valence-electron chi connectivity index (χ0n) is 15.5. The molecule has 3 aromatic rings. The molecule has 140 valence electrons. The summed E-state index contributed by atoms with van der Waals surface area (Å²) in [7, 11) is 0. The zero-order valence-corrected chi connectivity index (χ0v) is 15.5. The summed E-state index contributed by atoms with van der Waals surface area (Å²) < 4.78 is 5.44. The maximum absolute atomic E-state index is 6.38. The van der Waals surface area contributed by atoms with Crippen LogP contribution in [-0.2, 0) is 4.74 Å². The molecule has 1 atom stereocenters. The molecule has 8 heteroatoms. The van der Waals surface area contributed by atoms with Crippen molar-refractivity contribution in [1.82, 2.24) is 20.2 Å². The molecular formula is C19H23N7O. The molecule has 0 radical (unpaired) electrons. The Bertz CT molecular complexity index is 956. The van der Waals surface area contributed by atoms with Gasteiger partial charge in [0, 0.05) is 47.5 Å². The summed E-state index contributed by atoms with van der Waals surface area (Å²) in [4.78, 5) is 11.1. The number of aromatic nitrogens is 4. The Labute approximate surface area is 157 Å². The Kier molecular flexibility index (Phi) is 4.83.